The fourth-order valence-corrected chi connectivity index (χ4v) is 2.57. The molecule has 0 aliphatic heterocycles. The molecule has 0 bridgehead atoms. The number of aliphatic hydroxyl groups is 1. The second-order valence-electron chi connectivity index (χ2n) is 5.08. The molecule has 0 aromatic heterocycles. The fourth-order valence-electron chi connectivity index (χ4n) is 1.57. The molecule has 0 amide bonds. The number of hydrogen-bond donors (Lipinski definition) is 1. The average molecular weight is 302 g/mol. The summed E-state index contributed by atoms with van der Waals surface area (Å²) in [6.45, 7) is 5.76. The largest absolute Gasteiger partial charge is 0.488 e. The van der Waals surface area contributed by atoms with E-state index in [-0.39, 0.29) is 18.1 Å². The Bertz CT molecular complexity index is 505. The zero-order valence-corrected chi connectivity index (χ0v) is 12.9. The quantitative estimate of drug-likeness (QED) is 0.746. The Morgan fingerprint density at radius 2 is 1.80 bits per heavy atom. The molecular formula is C14H22O5S. The van der Waals surface area contributed by atoms with E-state index in [1.54, 1.807) is 12.1 Å². The van der Waals surface area contributed by atoms with Crippen LogP contribution < -0.4 is 4.74 Å². The lowest BCUT2D eigenvalue weighted by Crippen LogP contribution is -2.29. The van der Waals surface area contributed by atoms with Crippen molar-refractivity contribution in [2.24, 2.45) is 0 Å². The summed E-state index contributed by atoms with van der Waals surface area (Å²) in [4.78, 5) is 0.110. The molecule has 0 fully saturated rings. The standard InChI is InChI=1S/C14H22O5S/c1-4-11-18-20(16,17)13-7-5-12(6-8-13)19-14(2,3)9-10-15/h5-8,15H,4,9-11H2,1-3H3. The monoisotopic (exact) mass is 302 g/mol. The minimum Gasteiger partial charge on any atom is -0.488 e. The molecule has 20 heavy (non-hydrogen) atoms. The van der Waals surface area contributed by atoms with Crippen LogP contribution in [0, 0.1) is 0 Å². The third kappa shape index (κ3) is 5.11. The maximum absolute atomic E-state index is 11.8. The Labute approximate surface area is 120 Å². The highest BCUT2D eigenvalue weighted by atomic mass is 32.2. The molecule has 0 aliphatic carbocycles. The van der Waals surface area contributed by atoms with Crippen LogP contribution in [0.15, 0.2) is 29.2 Å². The number of rotatable bonds is 8. The van der Waals surface area contributed by atoms with Crippen molar-refractivity contribution in [2.75, 3.05) is 13.2 Å². The molecular weight excluding hydrogens is 280 g/mol. The summed E-state index contributed by atoms with van der Waals surface area (Å²) in [5.41, 5.74) is -0.506. The predicted molar refractivity (Wildman–Crippen MR) is 76.3 cm³/mol. The van der Waals surface area contributed by atoms with E-state index in [2.05, 4.69) is 0 Å². The van der Waals surface area contributed by atoms with E-state index < -0.39 is 15.7 Å². The Balaban J connectivity index is 2.79. The van der Waals surface area contributed by atoms with Gasteiger partial charge in [-0.15, -0.1) is 0 Å². The maximum atomic E-state index is 11.8. The summed E-state index contributed by atoms with van der Waals surface area (Å²) in [5.74, 6) is 0.554. The van der Waals surface area contributed by atoms with Gasteiger partial charge in [0, 0.05) is 13.0 Å². The molecule has 0 unspecified atom stereocenters. The van der Waals surface area contributed by atoms with Crippen LogP contribution in [0.5, 0.6) is 5.75 Å². The van der Waals surface area contributed by atoms with Gasteiger partial charge in [0.05, 0.1) is 11.5 Å². The van der Waals surface area contributed by atoms with Crippen LogP contribution in [0.25, 0.3) is 0 Å². The van der Waals surface area contributed by atoms with Gasteiger partial charge in [-0.05, 0) is 44.5 Å². The average Bonchev–Trinajstić information content (AvgIpc) is 2.36. The zero-order chi connectivity index (χ0) is 15.2. The summed E-state index contributed by atoms with van der Waals surface area (Å²) in [7, 11) is -3.69. The first-order chi connectivity index (χ1) is 9.30. The lowest BCUT2D eigenvalue weighted by Gasteiger charge is -2.25. The Morgan fingerprint density at radius 1 is 1.20 bits per heavy atom. The zero-order valence-electron chi connectivity index (χ0n) is 12.1. The second kappa shape index (κ2) is 7.06. The van der Waals surface area contributed by atoms with Crippen molar-refractivity contribution >= 4 is 10.1 Å². The van der Waals surface area contributed by atoms with Crippen molar-refractivity contribution < 1.29 is 22.4 Å². The topological polar surface area (TPSA) is 72.8 Å². The molecule has 6 heteroatoms. The molecule has 114 valence electrons. The molecule has 1 N–H and O–H groups in total. The summed E-state index contributed by atoms with van der Waals surface area (Å²) in [6, 6.07) is 6.08. The number of benzene rings is 1. The SMILES string of the molecule is CCCOS(=O)(=O)c1ccc(OC(C)(C)CCO)cc1. The van der Waals surface area contributed by atoms with Gasteiger partial charge in [0.2, 0.25) is 0 Å². The van der Waals surface area contributed by atoms with Crippen LogP contribution in [-0.2, 0) is 14.3 Å². The summed E-state index contributed by atoms with van der Waals surface area (Å²) < 4.78 is 34.1. The van der Waals surface area contributed by atoms with Crippen LogP contribution in [0.4, 0.5) is 0 Å². The van der Waals surface area contributed by atoms with Crippen molar-refractivity contribution in [3.8, 4) is 5.75 Å². The number of hydrogen-bond acceptors (Lipinski definition) is 5. The van der Waals surface area contributed by atoms with Crippen LogP contribution >= 0.6 is 0 Å². The molecule has 0 spiro atoms. The smallest absolute Gasteiger partial charge is 0.296 e. The van der Waals surface area contributed by atoms with E-state index in [4.69, 9.17) is 14.0 Å². The van der Waals surface area contributed by atoms with Crippen LogP contribution in [0.1, 0.15) is 33.6 Å². The highest BCUT2D eigenvalue weighted by Crippen LogP contribution is 2.23. The molecule has 0 aliphatic rings. The number of ether oxygens (including phenoxy) is 1. The van der Waals surface area contributed by atoms with Gasteiger partial charge in [0.15, 0.2) is 0 Å². The van der Waals surface area contributed by atoms with Crippen LogP contribution in [0.2, 0.25) is 0 Å². The first-order valence-electron chi connectivity index (χ1n) is 6.60. The van der Waals surface area contributed by atoms with Gasteiger partial charge in [0.1, 0.15) is 11.4 Å². The van der Waals surface area contributed by atoms with Gasteiger partial charge >= 0.3 is 0 Å². The summed E-state index contributed by atoms with van der Waals surface area (Å²) >= 11 is 0. The highest BCUT2D eigenvalue weighted by Gasteiger charge is 2.20. The van der Waals surface area contributed by atoms with Gasteiger partial charge in [-0.25, -0.2) is 0 Å². The van der Waals surface area contributed by atoms with Gasteiger partial charge in [-0.3, -0.25) is 4.18 Å². The Kier molecular flexibility index (Phi) is 5.98. The van der Waals surface area contributed by atoms with E-state index in [0.29, 0.717) is 18.6 Å². The minimum absolute atomic E-state index is 0.0321. The van der Waals surface area contributed by atoms with Crippen molar-refractivity contribution in [1.82, 2.24) is 0 Å². The van der Waals surface area contributed by atoms with E-state index >= 15 is 0 Å². The van der Waals surface area contributed by atoms with E-state index in [0.717, 1.165) is 0 Å². The van der Waals surface area contributed by atoms with Gasteiger partial charge in [-0.1, -0.05) is 6.92 Å². The minimum atomic E-state index is -3.69. The molecule has 0 saturated heterocycles. The van der Waals surface area contributed by atoms with E-state index in [1.807, 2.05) is 20.8 Å². The van der Waals surface area contributed by atoms with E-state index in [9.17, 15) is 8.42 Å². The lowest BCUT2D eigenvalue weighted by molar-refractivity contribution is 0.0764. The predicted octanol–water partition coefficient (Wildman–Crippen LogP) is 2.34. The third-order valence-electron chi connectivity index (χ3n) is 2.66. The summed E-state index contributed by atoms with van der Waals surface area (Å²) in [5, 5.41) is 8.94. The molecule has 0 atom stereocenters. The van der Waals surface area contributed by atoms with Crippen LogP contribution in [0.3, 0.4) is 0 Å². The molecule has 1 rings (SSSR count). The number of aliphatic hydroxyl groups excluding tert-OH is 1. The first-order valence-corrected chi connectivity index (χ1v) is 8.01. The molecule has 5 nitrogen and oxygen atoms in total. The Hall–Kier alpha value is -1.11. The Morgan fingerprint density at radius 3 is 2.30 bits per heavy atom. The second-order valence-corrected chi connectivity index (χ2v) is 6.70. The summed E-state index contributed by atoms with van der Waals surface area (Å²) in [6.07, 6.45) is 1.13. The van der Waals surface area contributed by atoms with Gasteiger partial charge < -0.3 is 9.84 Å². The molecule has 0 radical (unpaired) electrons. The van der Waals surface area contributed by atoms with Crippen LogP contribution in [-0.4, -0.2) is 32.3 Å². The van der Waals surface area contributed by atoms with Crippen molar-refractivity contribution in [2.45, 2.75) is 44.1 Å². The first kappa shape index (κ1) is 16.9. The van der Waals surface area contributed by atoms with Crippen molar-refractivity contribution in [1.29, 1.82) is 0 Å². The fraction of sp³-hybridized carbons (Fsp3) is 0.571. The molecule has 0 saturated carbocycles. The highest BCUT2D eigenvalue weighted by molar-refractivity contribution is 7.86. The molecule has 0 heterocycles. The molecule has 1 aromatic rings. The van der Waals surface area contributed by atoms with Gasteiger partial charge in [0.25, 0.3) is 10.1 Å². The van der Waals surface area contributed by atoms with Crippen molar-refractivity contribution in [3.05, 3.63) is 24.3 Å². The lowest BCUT2D eigenvalue weighted by atomic mass is 10.1. The van der Waals surface area contributed by atoms with Crippen molar-refractivity contribution in [3.63, 3.8) is 0 Å². The maximum Gasteiger partial charge on any atom is 0.296 e. The van der Waals surface area contributed by atoms with E-state index in [1.165, 1.54) is 12.1 Å². The van der Waals surface area contributed by atoms with Gasteiger partial charge in [-0.2, -0.15) is 8.42 Å². The third-order valence-corrected chi connectivity index (χ3v) is 3.99. The molecule has 1 aromatic carbocycles. The normalized spacial score (nSPS) is 12.4.